The average molecular weight is 290 g/mol. The van der Waals surface area contributed by atoms with Crippen LogP contribution in [0.1, 0.15) is 85.0 Å². The minimum Gasteiger partial charge on any atom is -0.311 e. The highest BCUT2D eigenvalue weighted by atomic mass is 15.0. The Hall–Kier alpha value is -0.0400. The molecular formula is C20H35N. The van der Waals surface area contributed by atoms with Gasteiger partial charge in [0.1, 0.15) is 0 Å². The molecule has 1 nitrogen and oxygen atoms in total. The van der Waals surface area contributed by atoms with E-state index in [0.29, 0.717) is 16.4 Å². The second-order valence-corrected chi connectivity index (χ2v) is 10.4. The molecule has 120 valence electrons. The van der Waals surface area contributed by atoms with Crippen LogP contribution in [0.4, 0.5) is 0 Å². The molecule has 0 radical (unpaired) electrons. The lowest BCUT2D eigenvalue weighted by Gasteiger charge is -2.65. The van der Waals surface area contributed by atoms with Crippen molar-refractivity contribution < 1.29 is 0 Å². The standard InChI is InChI=1S/C20H35N/c1-15-5-4-6-16(7-15)11-21-20-10-17-8-18(2,13-20)12-19(3,9-17)14-20/h15-17,21H,4-14H2,1-3H3. The van der Waals surface area contributed by atoms with Crippen molar-refractivity contribution in [2.24, 2.45) is 28.6 Å². The Morgan fingerprint density at radius 2 is 1.67 bits per heavy atom. The molecule has 4 unspecified atom stereocenters. The molecule has 1 N–H and O–H groups in total. The molecule has 5 aliphatic carbocycles. The molecule has 0 saturated heterocycles. The molecule has 4 atom stereocenters. The van der Waals surface area contributed by atoms with Crippen molar-refractivity contribution >= 4 is 0 Å². The zero-order valence-corrected chi connectivity index (χ0v) is 14.5. The number of rotatable bonds is 3. The Kier molecular flexibility index (Phi) is 3.27. The molecule has 5 rings (SSSR count). The van der Waals surface area contributed by atoms with Crippen LogP contribution in [0.15, 0.2) is 0 Å². The van der Waals surface area contributed by atoms with Crippen molar-refractivity contribution in [2.75, 3.05) is 6.54 Å². The van der Waals surface area contributed by atoms with E-state index in [2.05, 4.69) is 26.1 Å². The van der Waals surface area contributed by atoms with Gasteiger partial charge < -0.3 is 5.32 Å². The molecule has 5 aliphatic rings. The highest BCUT2D eigenvalue weighted by Crippen LogP contribution is 2.66. The van der Waals surface area contributed by atoms with Gasteiger partial charge in [-0.1, -0.05) is 33.6 Å². The largest absolute Gasteiger partial charge is 0.311 e. The summed E-state index contributed by atoms with van der Waals surface area (Å²) in [6.45, 7) is 8.95. The molecule has 0 aromatic carbocycles. The Labute approximate surface area is 131 Å². The molecule has 5 saturated carbocycles. The van der Waals surface area contributed by atoms with Crippen LogP contribution in [0, 0.1) is 28.6 Å². The molecule has 5 fully saturated rings. The molecule has 0 aromatic heterocycles. The van der Waals surface area contributed by atoms with Gasteiger partial charge in [-0.25, -0.2) is 0 Å². The van der Waals surface area contributed by atoms with Crippen molar-refractivity contribution in [1.29, 1.82) is 0 Å². The van der Waals surface area contributed by atoms with Crippen LogP contribution in [0.2, 0.25) is 0 Å². The maximum Gasteiger partial charge on any atom is 0.0194 e. The minimum atomic E-state index is 0.517. The SMILES string of the molecule is CC1CCCC(CNC23CC4CC(C)(CC(C)(C4)C2)C3)C1. The van der Waals surface area contributed by atoms with E-state index in [0.717, 1.165) is 17.8 Å². The van der Waals surface area contributed by atoms with Gasteiger partial charge >= 0.3 is 0 Å². The molecule has 21 heavy (non-hydrogen) atoms. The van der Waals surface area contributed by atoms with Gasteiger partial charge in [-0.3, -0.25) is 0 Å². The van der Waals surface area contributed by atoms with E-state index in [1.54, 1.807) is 0 Å². The predicted molar refractivity (Wildman–Crippen MR) is 89.3 cm³/mol. The molecular weight excluding hydrogens is 254 g/mol. The number of hydrogen-bond donors (Lipinski definition) is 1. The molecule has 0 amide bonds. The second kappa shape index (κ2) is 4.73. The molecule has 0 aliphatic heterocycles. The summed E-state index contributed by atoms with van der Waals surface area (Å²) in [4.78, 5) is 0. The van der Waals surface area contributed by atoms with Crippen LogP contribution in [0.5, 0.6) is 0 Å². The van der Waals surface area contributed by atoms with E-state index in [-0.39, 0.29) is 0 Å². The van der Waals surface area contributed by atoms with Gasteiger partial charge in [0.15, 0.2) is 0 Å². The van der Waals surface area contributed by atoms with Crippen LogP contribution < -0.4 is 5.32 Å². The summed E-state index contributed by atoms with van der Waals surface area (Å²) in [6, 6.07) is 0. The zero-order chi connectivity index (χ0) is 14.7. The van der Waals surface area contributed by atoms with E-state index in [4.69, 9.17) is 0 Å². The Bertz CT molecular complexity index is 396. The smallest absolute Gasteiger partial charge is 0.0194 e. The van der Waals surface area contributed by atoms with Crippen molar-refractivity contribution in [2.45, 2.75) is 90.5 Å². The molecule has 0 spiro atoms. The zero-order valence-electron chi connectivity index (χ0n) is 14.5. The summed E-state index contributed by atoms with van der Waals surface area (Å²) in [5.41, 5.74) is 1.83. The normalized spacial score (nSPS) is 55.9. The second-order valence-electron chi connectivity index (χ2n) is 10.4. The van der Waals surface area contributed by atoms with Crippen molar-refractivity contribution in [3.8, 4) is 0 Å². The van der Waals surface area contributed by atoms with E-state index in [9.17, 15) is 0 Å². The van der Waals surface area contributed by atoms with Crippen LogP contribution in [-0.2, 0) is 0 Å². The summed E-state index contributed by atoms with van der Waals surface area (Å²) in [7, 11) is 0. The van der Waals surface area contributed by atoms with E-state index in [1.807, 2.05) is 0 Å². The lowest BCUT2D eigenvalue weighted by molar-refractivity contribution is -0.118. The molecule has 0 aromatic rings. The van der Waals surface area contributed by atoms with Gasteiger partial charge in [-0.15, -0.1) is 0 Å². The quantitative estimate of drug-likeness (QED) is 0.757. The van der Waals surface area contributed by atoms with Crippen molar-refractivity contribution in [3.63, 3.8) is 0 Å². The van der Waals surface area contributed by atoms with Gasteiger partial charge in [0.05, 0.1) is 0 Å². The fourth-order valence-electron chi connectivity index (χ4n) is 7.75. The third-order valence-electron chi connectivity index (χ3n) is 7.44. The first kappa shape index (κ1) is 14.5. The van der Waals surface area contributed by atoms with Gasteiger partial charge in [-0.05, 0) is 86.5 Å². The van der Waals surface area contributed by atoms with Gasteiger partial charge in [-0.2, -0.15) is 0 Å². The lowest BCUT2D eigenvalue weighted by atomic mass is 9.42. The highest BCUT2D eigenvalue weighted by Gasteiger charge is 2.59. The van der Waals surface area contributed by atoms with E-state index >= 15 is 0 Å². The highest BCUT2D eigenvalue weighted by molar-refractivity contribution is 5.14. The van der Waals surface area contributed by atoms with Crippen LogP contribution in [0.25, 0.3) is 0 Å². The Morgan fingerprint density at radius 3 is 2.29 bits per heavy atom. The summed E-state index contributed by atoms with van der Waals surface area (Å²) in [5.74, 6) is 2.95. The van der Waals surface area contributed by atoms with Crippen LogP contribution in [0.3, 0.4) is 0 Å². The Morgan fingerprint density at radius 1 is 0.952 bits per heavy atom. The fourth-order valence-corrected chi connectivity index (χ4v) is 7.75. The molecule has 0 heterocycles. The minimum absolute atomic E-state index is 0.517. The van der Waals surface area contributed by atoms with Gasteiger partial charge in [0.25, 0.3) is 0 Å². The molecule has 4 bridgehead atoms. The lowest BCUT2D eigenvalue weighted by Crippen LogP contribution is -2.64. The summed E-state index contributed by atoms with van der Waals surface area (Å²) in [6.07, 6.45) is 14.9. The van der Waals surface area contributed by atoms with E-state index in [1.165, 1.54) is 70.8 Å². The maximum atomic E-state index is 4.17. The Balaban J connectivity index is 1.45. The van der Waals surface area contributed by atoms with Crippen LogP contribution in [-0.4, -0.2) is 12.1 Å². The fraction of sp³-hybridized carbons (Fsp3) is 1.00. The maximum absolute atomic E-state index is 4.17. The third kappa shape index (κ3) is 2.69. The average Bonchev–Trinajstić information content (AvgIpc) is 2.32. The summed E-state index contributed by atoms with van der Waals surface area (Å²) in [5, 5.41) is 4.17. The molecule has 1 heteroatoms. The van der Waals surface area contributed by atoms with Gasteiger partial charge in [0.2, 0.25) is 0 Å². The van der Waals surface area contributed by atoms with E-state index < -0.39 is 0 Å². The van der Waals surface area contributed by atoms with Crippen molar-refractivity contribution in [1.82, 2.24) is 5.32 Å². The first-order chi connectivity index (χ1) is 9.88. The predicted octanol–water partition coefficient (Wildman–Crippen LogP) is 5.15. The van der Waals surface area contributed by atoms with Crippen LogP contribution >= 0.6 is 0 Å². The summed E-state index contributed by atoms with van der Waals surface area (Å²) < 4.78 is 0. The number of nitrogens with one attached hydrogen (secondary N) is 1. The third-order valence-corrected chi connectivity index (χ3v) is 7.44. The topological polar surface area (TPSA) is 12.0 Å². The number of hydrogen-bond acceptors (Lipinski definition) is 1. The monoisotopic (exact) mass is 289 g/mol. The first-order valence-electron chi connectivity index (χ1n) is 9.63. The summed E-state index contributed by atoms with van der Waals surface area (Å²) >= 11 is 0. The first-order valence-corrected chi connectivity index (χ1v) is 9.63. The van der Waals surface area contributed by atoms with Crippen molar-refractivity contribution in [3.05, 3.63) is 0 Å². The van der Waals surface area contributed by atoms with Gasteiger partial charge in [0, 0.05) is 5.54 Å².